The number of carbonyl (C=O) groups excluding carboxylic acids is 3. The lowest BCUT2D eigenvalue weighted by Gasteiger charge is -2.09. The molecule has 0 aliphatic rings. The molecule has 0 aromatic heterocycles. The number of benzene rings is 2. The Morgan fingerprint density at radius 2 is 1.61 bits per heavy atom. The lowest BCUT2D eigenvalue weighted by Crippen LogP contribution is -2.34. The van der Waals surface area contributed by atoms with Crippen molar-refractivity contribution in [3.63, 3.8) is 0 Å². The van der Waals surface area contributed by atoms with Crippen molar-refractivity contribution < 1.29 is 23.5 Å². The van der Waals surface area contributed by atoms with Gasteiger partial charge < -0.3 is 20.7 Å². The summed E-state index contributed by atoms with van der Waals surface area (Å²) in [4.78, 5) is 35.0. The summed E-state index contributed by atoms with van der Waals surface area (Å²) < 4.78 is 18.6. The van der Waals surface area contributed by atoms with Gasteiger partial charge in [-0.25, -0.2) is 4.39 Å². The zero-order chi connectivity index (χ0) is 20.4. The largest absolute Gasteiger partial charge is 0.481 e. The van der Waals surface area contributed by atoms with E-state index >= 15 is 0 Å². The fourth-order valence-electron chi connectivity index (χ4n) is 2.21. The van der Waals surface area contributed by atoms with Gasteiger partial charge in [-0.05, 0) is 36.4 Å². The van der Waals surface area contributed by atoms with E-state index in [1.165, 1.54) is 18.2 Å². The van der Waals surface area contributed by atoms with E-state index < -0.39 is 11.7 Å². The van der Waals surface area contributed by atoms with E-state index in [9.17, 15) is 18.8 Å². The number of para-hydroxylation sites is 1. The van der Waals surface area contributed by atoms with E-state index in [2.05, 4.69) is 16.0 Å². The third-order valence-corrected chi connectivity index (χ3v) is 3.68. The fraction of sp³-hybridized carbons (Fsp3) is 0.250. The summed E-state index contributed by atoms with van der Waals surface area (Å²) in [7, 11) is 0. The van der Waals surface area contributed by atoms with Crippen LogP contribution >= 0.6 is 0 Å². The molecule has 0 aliphatic heterocycles. The van der Waals surface area contributed by atoms with Gasteiger partial charge in [-0.3, -0.25) is 14.4 Å². The van der Waals surface area contributed by atoms with Gasteiger partial charge >= 0.3 is 0 Å². The normalized spacial score (nSPS) is 10.1. The molecule has 7 nitrogen and oxygen atoms in total. The van der Waals surface area contributed by atoms with Crippen molar-refractivity contribution in [3.8, 4) is 5.75 Å². The number of hydrogen-bond acceptors (Lipinski definition) is 4. The molecule has 0 radical (unpaired) electrons. The molecule has 0 saturated heterocycles. The molecule has 0 unspecified atom stereocenters. The maximum absolute atomic E-state index is 13.4. The molecule has 0 atom stereocenters. The molecule has 2 aromatic carbocycles. The van der Waals surface area contributed by atoms with Crippen LogP contribution in [0.25, 0.3) is 0 Å². The number of carbonyl (C=O) groups is 3. The summed E-state index contributed by atoms with van der Waals surface area (Å²) in [5, 5.41) is 7.95. The fourth-order valence-corrected chi connectivity index (χ4v) is 2.21. The van der Waals surface area contributed by atoms with Gasteiger partial charge in [0.2, 0.25) is 5.91 Å². The van der Waals surface area contributed by atoms with Crippen molar-refractivity contribution in [1.29, 1.82) is 0 Å². The number of anilines is 1. The lowest BCUT2D eigenvalue weighted by atomic mass is 10.2. The highest BCUT2D eigenvalue weighted by molar-refractivity contribution is 5.96. The molecular weight excluding hydrogens is 365 g/mol. The van der Waals surface area contributed by atoms with E-state index in [-0.39, 0.29) is 24.2 Å². The molecule has 2 aromatic rings. The average Bonchev–Trinajstić information content (AvgIpc) is 2.70. The van der Waals surface area contributed by atoms with Crippen LogP contribution in [0, 0.1) is 5.82 Å². The third-order valence-electron chi connectivity index (χ3n) is 3.68. The molecule has 3 N–H and O–H groups in total. The molecule has 0 spiro atoms. The van der Waals surface area contributed by atoms with Crippen LogP contribution in [0.15, 0.2) is 48.5 Å². The van der Waals surface area contributed by atoms with E-state index in [0.717, 1.165) is 0 Å². The summed E-state index contributed by atoms with van der Waals surface area (Å²) >= 11 is 0. The van der Waals surface area contributed by atoms with Gasteiger partial charge in [0.25, 0.3) is 11.8 Å². The van der Waals surface area contributed by atoms with E-state index in [1.54, 1.807) is 37.3 Å². The molecule has 148 valence electrons. The smallest absolute Gasteiger partial charge is 0.262 e. The first-order valence-corrected chi connectivity index (χ1v) is 8.81. The van der Waals surface area contributed by atoms with Gasteiger partial charge in [0, 0.05) is 30.8 Å². The lowest BCUT2D eigenvalue weighted by molar-refractivity contribution is -0.120. The molecule has 0 aliphatic carbocycles. The van der Waals surface area contributed by atoms with Crippen LogP contribution in [0.4, 0.5) is 10.1 Å². The highest BCUT2D eigenvalue weighted by Gasteiger charge is 2.08. The maximum atomic E-state index is 13.4. The van der Waals surface area contributed by atoms with Crippen molar-refractivity contribution in [2.45, 2.75) is 13.3 Å². The molecule has 0 saturated carbocycles. The number of hydrogen-bond donors (Lipinski definition) is 3. The van der Waals surface area contributed by atoms with Crippen molar-refractivity contribution in [1.82, 2.24) is 10.6 Å². The first-order valence-electron chi connectivity index (χ1n) is 8.81. The summed E-state index contributed by atoms with van der Waals surface area (Å²) in [6.45, 7) is 2.08. The number of nitrogens with one attached hydrogen (secondary N) is 3. The molecule has 0 heterocycles. The topological polar surface area (TPSA) is 96.5 Å². The highest BCUT2D eigenvalue weighted by Crippen LogP contribution is 2.15. The number of rotatable bonds is 9. The predicted molar refractivity (Wildman–Crippen MR) is 103 cm³/mol. The highest BCUT2D eigenvalue weighted by atomic mass is 19.1. The molecule has 0 fully saturated rings. The minimum atomic E-state index is -0.542. The van der Waals surface area contributed by atoms with Crippen LogP contribution in [0.5, 0.6) is 5.75 Å². The Kier molecular flexibility index (Phi) is 7.95. The van der Waals surface area contributed by atoms with E-state index in [1.807, 2.05) is 0 Å². The Balaban J connectivity index is 1.77. The number of ether oxygens (including phenoxy) is 1. The van der Waals surface area contributed by atoms with E-state index in [4.69, 9.17) is 4.74 Å². The van der Waals surface area contributed by atoms with Gasteiger partial charge in [0.05, 0.1) is 0 Å². The van der Waals surface area contributed by atoms with Crippen LogP contribution in [0.2, 0.25) is 0 Å². The van der Waals surface area contributed by atoms with Crippen molar-refractivity contribution in [3.05, 3.63) is 59.9 Å². The maximum Gasteiger partial charge on any atom is 0.262 e. The Hall–Kier alpha value is -3.42. The summed E-state index contributed by atoms with van der Waals surface area (Å²) in [6.07, 6.45) is 0.395. The van der Waals surface area contributed by atoms with Gasteiger partial charge in [0.1, 0.15) is 0 Å². The monoisotopic (exact) mass is 387 g/mol. The second kappa shape index (κ2) is 10.7. The second-order valence-corrected chi connectivity index (χ2v) is 5.80. The zero-order valence-electron chi connectivity index (χ0n) is 15.5. The van der Waals surface area contributed by atoms with Crippen molar-refractivity contribution in [2.75, 3.05) is 25.0 Å². The average molecular weight is 387 g/mol. The molecule has 3 amide bonds. The van der Waals surface area contributed by atoms with Crippen LogP contribution in [-0.2, 0) is 9.59 Å². The first kappa shape index (κ1) is 20.9. The molecule has 2 rings (SSSR count). The van der Waals surface area contributed by atoms with Crippen molar-refractivity contribution >= 4 is 23.4 Å². The summed E-state index contributed by atoms with van der Waals surface area (Å²) in [5.74, 6) is -1.35. The number of amides is 3. The first-order chi connectivity index (χ1) is 13.5. The van der Waals surface area contributed by atoms with Gasteiger partial charge in [-0.2, -0.15) is 0 Å². The molecule has 0 bridgehead atoms. The van der Waals surface area contributed by atoms with Gasteiger partial charge in [-0.1, -0.05) is 19.1 Å². The Bertz CT molecular complexity index is 824. The predicted octanol–water partition coefficient (Wildman–Crippen LogP) is 2.10. The van der Waals surface area contributed by atoms with Crippen LogP contribution in [0.1, 0.15) is 23.7 Å². The SMILES string of the molecule is CCC(=O)NCCNC(=O)c1ccc(NC(=O)COc2ccccc2F)cc1. The minimum absolute atomic E-state index is 0.000189. The zero-order valence-corrected chi connectivity index (χ0v) is 15.5. The van der Waals surface area contributed by atoms with Crippen LogP contribution < -0.4 is 20.7 Å². The van der Waals surface area contributed by atoms with E-state index in [0.29, 0.717) is 30.8 Å². The van der Waals surface area contributed by atoms with Crippen molar-refractivity contribution in [2.24, 2.45) is 0 Å². The van der Waals surface area contributed by atoms with Gasteiger partial charge in [-0.15, -0.1) is 0 Å². The molecule has 8 heteroatoms. The quantitative estimate of drug-likeness (QED) is 0.574. The Morgan fingerprint density at radius 1 is 0.929 bits per heavy atom. The standard InChI is InChI=1S/C20H22FN3O4/c1-2-18(25)22-11-12-23-20(27)14-7-9-15(10-8-14)24-19(26)13-28-17-6-4-3-5-16(17)21/h3-10H,2,11-13H2,1H3,(H,22,25)(H,23,27)(H,24,26). The Morgan fingerprint density at radius 3 is 2.29 bits per heavy atom. The summed E-state index contributed by atoms with van der Waals surface area (Å²) in [5.41, 5.74) is 0.899. The number of halogens is 1. The molecule has 28 heavy (non-hydrogen) atoms. The summed E-state index contributed by atoms with van der Waals surface area (Å²) in [6, 6.07) is 12.1. The van der Waals surface area contributed by atoms with Crippen LogP contribution in [-0.4, -0.2) is 37.4 Å². The minimum Gasteiger partial charge on any atom is -0.481 e. The third kappa shape index (κ3) is 6.71. The van der Waals surface area contributed by atoms with Crippen LogP contribution in [0.3, 0.4) is 0 Å². The Labute approximate surface area is 162 Å². The second-order valence-electron chi connectivity index (χ2n) is 5.80. The molecular formula is C20H22FN3O4. The van der Waals surface area contributed by atoms with Gasteiger partial charge in [0.15, 0.2) is 18.2 Å².